The van der Waals surface area contributed by atoms with Crippen molar-refractivity contribution in [1.29, 1.82) is 0 Å². The molecule has 26 heavy (non-hydrogen) atoms. The van der Waals surface area contributed by atoms with Crippen LogP contribution in [0.2, 0.25) is 0 Å². The molecule has 2 saturated heterocycles. The van der Waals surface area contributed by atoms with Crippen LogP contribution in [-0.2, 0) is 0 Å². The molecule has 0 bridgehead atoms. The summed E-state index contributed by atoms with van der Waals surface area (Å²) in [4.78, 5) is 19.1. The smallest absolute Gasteiger partial charge is 0.321 e. The van der Waals surface area contributed by atoms with Gasteiger partial charge in [-0.25, -0.2) is 4.79 Å². The number of benzene rings is 2. The molecule has 0 radical (unpaired) electrons. The van der Waals surface area contributed by atoms with Gasteiger partial charge in [0.2, 0.25) is 0 Å². The Bertz CT molecular complexity index is 717. The SMILES string of the molecule is O=C(Nc1ccccc1)N1CCN(c2ccc(N3CCCC3)cc2)CC1. The first-order valence-corrected chi connectivity index (χ1v) is 9.50. The van der Waals surface area contributed by atoms with E-state index in [1.807, 2.05) is 35.2 Å². The summed E-state index contributed by atoms with van der Waals surface area (Å²) in [6.45, 7) is 5.57. The van der Waals surface area contributed by atoms with E-state index in [2.05, 4.69) is 39.4 Å². The third kappa shape index (κ3) is 3.77. The summed E-state index contributed by atoms with van der Waals surface area (Å²) in [6.07, 6.45) is 2.60. The van der Waals surface area contributed by atoms with Crippen molar-refractivity contribution in [1.82, 2.24) is 4.90 Å². The molecule has 0 spiro atoms. The summed E-state index contributed by atoms with van der Waals surface area (Å²) >= 11 is 0. The molecule has 2 heterocycles. The van der Waals surface area contributed by atoms with E-state index < -0.39 is 0 Å². The Hall–Kier alpha value is -2.69. The molecule has 2 aromatic rings. The fraction of sp³-hybridized carbons (Fsp3) is 0.381. The molecule has 0 saturated carbocycles. The number of rotatable bonds is 3. The summed E-state index contributed by atoms with van der Waals surface area (Å²) in [6, 6.07) is 18.5. The summed E-state index contributed by atoms with van der Waals surface area (Å²) in [7, 11) is 0. The molecule has 2 amide bonds. The number of amides is 2. The topological polar surface area (TPSA) is 38.8 Å². The first-order valence-electron chi connectivity index (χ1n) is 9.50. The van der Waals surface area contributed by atoms with Crippen LogP contribution in [0.25, 0.3) is 0 Å². The van der Waals surface area contributed by atoms with Gasteiger partial charge in [-0.3, -0.25) is 0 Å². The van der Waals surface area contributed by atoms with Crippen LogP contribution in [0.15, 0.2) is 54.6 Å². The van der Waals surface area contributed by atoms with E-state index in [1.54, 1.807) is 0 Å². The highest BCUT2D eigenvalue weighted by Crippen LogP contribution is 2.24. The van der Waals surface area contributed by atoms with Gasteiger partial charge >= 0.3 is 6.03 Å². The second-order valence-electron chi connectivity index (χ2n) is 6.98. The Morgan fingerprint density at radius 1 is 0.692 bits per heavy atom. The number of carbonyl (C=O) groups is 1. The Morgan fingerprint density at radius 3 is 1.81 bits per heavy atom. The van der Waals surface area contributed by atoms with Crippen LogP contribution in [0, 0.1) is 0 Å². The molecule has 2 aliphatic rings. The molecule has 0 atom stereocenters. The van der Waals surface area contributed by atoms with Crippen molar-refractivity contribution in [2.75, 3.05) is 54.4 Å². The van der Waals surface area contributed by atoms with E-state index in [0.717, 1.165) is 31.9 Å². The predicted molar refractivity (Wildman–Crippen MR) is 107 cm³/mol. The van der Waals surface area contributed by atoms with Gasteiger partial charge in [-0.15, -0.1) is 0 Å². The molecule has 1 N–H and O–H groups in total. The Kier molecular flexibility index (Phi) is 4.95. The van der Waals surface area contributed by atoms with E-state index in [9.17, 15) is 4.79 Å². The largest absolute Gasteiger partial charge is 0.372 e. The molecule has 5 nitrogen and oxygen atoms in total. The number of hydrogen-bond acceptors (Lipinski definition) is 3. The molecule has 4 rings (SSSR count). The third-order valence-electron chi connectivity index (χ3n) is 5.28. The monoisotopic (exact) mass is 350 g/mol. The number of hydrogen-bond donors (Lipinski definition) is 1. The van der Waals surface area contributed by atoms with Gasteiger partial charge in [-0.1, -0.05) is 18.2 Å². The van der Waals surface area contributed by atoms with E-state index in [1.165, 1.54) is 37.3 Å². The van der Waals surface area contributed by atoms with Crippen LogP contribution in [-0.4, -0.2) is 50.2 Å². The molecule has 2 aromatic carbocycles. The van der Waals surface area contributed by atoms with Crippen LogP contribution in [0.4, 0.5) is 21.9 Å². The van der Waals surface area contributed by atoms with Crippen molar-refractivity contribution in [2.24, 2.45) is 0 Å². The van der Waals surface area contributed by atoms with Gasteiger partial charge in [-0.05, 0) is 49.2 Å². The van der Waals surface area contributed by atoms with Crippen molar-refractivity contribution in [2.45, 2.75) is 12.8 Å². The molecule has 0 aliphatic carbocycles. The van der Waals surface area contributed by atoms with Crippen molar-refractivity contribution in [3.8, 4) is 0 Å². The number of para-hydroxylation sites is 1. The zero-order valence-electron chi connectivity index (χ0n) is 15.1. The summed E-state index contributed by atoms with van der Waals surface area (Å²) < 4.78 is 0. The van der Waals surface area contributed by atoms with Gasteiger partial charge in [0.25, 0.3) is 0 Å². The third-order valence-corrected chi connectivity index (χ3v) is 5.28. The average Bonchev–Trinajstić information content (AvgIpc) is 3.24. The van der Waals surface area contributed by atoms with E-state index in [0.29, 0.717) is 0 Å². The van der Waals surface area contributed by atoms with Gasteiger partial charge in [0.1, 0.15) is 0 Å². The number of urea groups is 1. The molecule has 136 valence electrons. The van der Waals surface area contributed by atoms with Crippen molar-refractivity contribution in [3.05, 3.63) is 54.6 Å². The number of piperazine rings is 1. The molecule has 0 unspecified atom stereocenters. The summed E-state index contributed by atoms with van der Waals surface area (Å²) in [5, 5.41) is 2.97. The highest BCUT2D eigenvalue weighted by molar-refractivity contribution is 5.89. The number of carbonyl (C=O) groups excluding carboxylic acids is 1. The standard InChI is InChI=1S/C21H26N4O/c26-21(22-18-6-2-1-3-7-18)25-16-14-24(15-17-25)20-10-8-19(9-11-20)23-12-4-5-13-23/h1-3,6-11H,4-5,12-17H2,(H,22,26). The van der Waals surface area contributed by atoms with Crippen molar-refractivity contribution in [3.63, 3.8) is 0 Å². The maximum Gasteiger partial charge on any atom is 0.321 e. The van der Waals surface area contributed by atoms with Crippen LogP contribution in [0.3, 0.4) is 0 Å². The van der Waals surface area contributed by atoms with Gasteiger partial charge in [0, 0.05) is 56.3 Å². The molecule has 2 aliphatic heterocycles. The second-order valence-corrected chi connectivity index (χ2v) is 6.98. The molecule has 2 fully saturated rings. The van der Waals surface area contributed by atoms with Crippen molar-refractivity contribution >= 4 is 23.1 Å². The van der Waals surface area contributed by atoms with E-state index in [4.69, 9.17) is 0 Å². The minimum Gasteiger partial charge on any atom is -0.372 e. The van der Waals surface area contributed by atoms with E-state index in [-0.39, 0.29) is 6.03 Å². The lowest BCUT2D eigenvalue weighted by atomic mass is 10.2. The van der Waals surface area contributed by atoms with Crippen molar-refractivity contribution < 1.29 is 4.79 Å². The lowest BCUT2D eigenvalue weighted by Gasteiger charge is -2.36. The van der Waals surface area contributed by atoms with Crippen LogP contribution < -0.4 is 15.1 Å². The minimum atomic E-state index is -0.0137. The molecular formula is C21H26N4O. The van der Waals surface area contributed by atoms with Crippen LogP contribution in [0.5, 0.6) is 0 Å². The maximum atomic E-state index is 12.4. The molecular weight excluding hydrogens is 324 g/mol. The molecule has 5 heteroatoms. The van der Waals surface area contributed by atoms with Gasteiger partial charge < -0.3 is 20.0 Å². The zero-order chi connectivity index (χ0) is 17.8. The normalized spacial score (nSPS) is 17.5. The summed E-state index contributed by atoms with van der Waals surface area (Å²) in [5.41, 5.74) is 3.42. The first kappa shape index (κ1) is 16.8. The lowest BCUT2D eigenvalue weighted by molar-refractivity contribution is 0.208. The number of anilines is 3. The molecule has 0 aromatic heterocycles. The summed E-state index contributed by atoms with van der Waals surface area (Å²) in [5.74, 6) is 0. The van der Waals surface area contributed by atoms with Crippen LogP contribution >= 0.6 is 0 Å². The zero-order valence-corrected chi connectivity index (χ0v) is 15.1. The van der Waals surface area contributed by atoms with Gasteiger partial charge in [-0.2, -0.15) is 0 Å². The Labute approximate surface area is 155 Å². The quantitative estimate of drug-likeness (QED) is 0.918. The second kappa shape index (κ2) is 7.68. The predicted octanol–water partition coefficient (Wildman–Crippen LogP) is 3.64. The van der Waals surface area contributed by atoms with Crippen LogP contribution in [0.1, 0.15) is 12.8 Å². The minimum absolute atomic E-state index is 0.0137. The number of nitrogens with one attached hydrogen (secondary N) is 1. The fourth-order valence-electron chi connectivity index (χ4n) is 3.74. The Balaban J connectivity index is 1.31. The number of nitrogens with zero attached hydrogens (tertiary/aromatic N) is 3. The lowest BCUT2D eigenvalue weighted by Crippen LogP contribution is -2.50. The average molecular weight is 350 g/mol. The Morgan fingerprint density at radius 2 is 1.23 bits per heavy atom. The van der Waals surface area contributed by atoms with Gasteiger partial charge in [0.05, 0.1) is 0 Å². The first-order chi connectivity index (χ1) is 12.8. The highest BCUT2D eigenvalue weighted by Gasteiger charge is 2.21. The fourth-order valence-corrected chi connectivity index (χ4v) is 3.74. The van der Waals surface area contributed by atoms with E-state index >= 15 is 0 Å². The maximum absolute atomic E-state index is 12.4. The highest BCUT2D eigenvalue weighted by atomic mass is 16.2. The van der Waals surface area contributed by atoms with Gasteiger partial charge in [0.15, 0.2) is 0 Å².